The van der Waals surface area contributed by atoms with E-state index in [1.165, 1.54) is 26.4 Å². The van der Waals surface area contributed by atoms with E-state index in [0.717, 1.165) is 0 Å². The number of nitrogens with two attached hydrogens (primary N) is 1. The first-order valence-corrected chi connectivity index (χ1v) is 6.21. The molecule has 112 valence electrons. The smallest absolute Gasteiger partial charge is 0.265 e. The van der Waals surface area contributed by atoms with E-state index in [1.54, 1.807) is 24.3 Å². The molecule has 0 aliphatic rings. The summed E-state index contributed by atoms with van der Waals surface area (Å²) in [6.07, 6.45) is -2.62. The Labute approximate surface area is 121 Å². The molecule has 0 fully saturated rings. The van der Waals surface area contributed by atoms with Crippen LogP contribution >= 0.6 is 0 Å². The lowest BCUT2D eigenvalue weighted by Crippen LogP contribution is -2.00. The molecule has 3 N–H and O–H groups in total. The summed E-state index contributed by atoms with van der Waals surface area (Å²) >= 11 is 0. The van der Waals surface area contributed by atoms with Crippen molar-refractivity contribution in [1.82, 2.24) is 0 Å². The first kappa shape index (κ1) is 14.9. The first-order chi connectivity index (χ1) is 10.0. The quantitative estimate of drug-likeness (QED) is 0.819. The number of benzene rings is 2. The Bertz CT molecular complexity index is 633. The van der Waals surface area contributed by atoms with Gasteiger partial charge in [0.25, 0.3) is 6.43 Å². The van der Waals surface area contributed by atoms with Gasteiger partial charge < -0.3 is 20.5 Å². The fourth-order valence-corrected chi connectivity index (χ4v) is 1.92. The van der Waals surface area contributed by atoms with Crippen molar-refractivity contribution in [2.45, 2.75) is 6.43 Å². The summed E-state index contributed by atoms with van der Waals surface area (Å²) in [5, 5.41) is 2.94. The number of nitrogen functional groups attached to an aromatic ring is 1. The maximum absolute atomic E-state index is 13.1. The second-order valence-corrected chi connectivity index (χ2v) is 4.34. The van der Waals surface area contributed by atoms with E-state index in [1.807, 2.05) is 0 Å². The lowest BCUT2D eigenvalue weighted by Gasteiger charge is -2.15. The van der Waals surface area contributed by atoms with E-state index in [2.05, 4.69) is 5.32 Å². The van der Waals surface area contributed by atoms with Crippen LogP contribution in [0.5, 0.6) is 11.5 Å². The van der Waals surface area contributed by atoms with Crippen LogP contribution in [0.1, 0.15) is 12.0 Å². The Morgan fingerprint density at radius 3 is 2.33 bits per heavy atom. The van der Waals surface area contributed by atoms with Gasteiger partial charge in [0, 0.05) is 23.0 Å². The molecule has 6 heteroatoms. The third-order valence-electron chi connectivity index (χ3n) is 2.99. The van der Waals surface area contributed by atoms with E-state index in [0.29, 0.717) is 17.2 Å². The van der Waals surface area contributed by atoms with Crippen LogP contribution in [0.3, 0.4) is 0 Å². The zero-order valence-electron chi connectivity index (χ0n) is 11.7. The van der Waals surface area contributed by atoms with Crippen molar-refractivity contribution in [3.8, 4) is 11.5 Å². The molecule has 2 aromatic carbocycles. The lowest BCUT2D eigenvalue weighted by molar-refractivity contribution is 0.152. The molecule has 21 heavy (non-hydrogen) atoms. The highest BCUT2D eigenvalue weighted by molar-refractivity contribution is 5.71. The summed E-state index contributed by atoms with van der Waals surface area (Å²) in [6.45, 7) is 0. The Morgan fingerprint density at radius 1 is 1.00 bits per heavy atom. The zero-order valence-corrected chi connectivity index (χ0v) is 11.7. The van der Waals surface area contributed by atoms with Crippen molar-refractivity contribution >= 4 is 17.1 Å². The van der Waals surface area contributed by atoms with Gasteiger partial charge in [0.2, 0.25) is 0 Å². The molecule has 0 unspecified atom stereocenters. The minimum atomic E-state index is -2.62. The van der Waals surface area contributed by atoms with Crippen molar-refractivity contribution in [2.75, 3.05) is 25.3 Å². The Morgan fingerprint density at radius 2 is 1.71 bits per heavy atom. The third-order valence-corrected chi connectivity index (χ3v) is 2.99. The van der Waals surface area contributed by atoms with E-state index >= 15 is 0 Å². The van der Waals surface area contributed by atoms with Gasteiger partial charge in [0.05, 0.1) is 19.9 Å². The molecule has 4 nitrogen and oxygen atoms in total. The summed E-state index contributed by atoms with van der Waals surface area (Å²) in [5.41, 5.74) is 6.52. The van der Waals surface area contributed by atoms with Crippen LogP contribution in [-0.4, -0.2) is 14.2 Å². The fourth-order valence-electron chi connectivity index (χ4n) is 1.92. The normalized spacial score (nSPS) is 10.5. The van der Waals surface area contributed by atoms with Gasteiger partial charge in [0.15, 0.2) is 0 Å². The predicted octanol–water partition coefficient (Wildman–Crippen LogP) is 3.97. The van der Waals surface area contributed by atoms with Gasteiger partial charge in [-0.05, 0) is 30.3 Å². The summed E-state index contributed by atoms with van der Waals surface area (Å²) in [7, 11) is 3.04. The third kappa shape index (κ3) is 3.34. The van der Waals surface area contributed by atoms with Crippen LogP contribution in [0, 0.1) is 0 Å². The summed E-state index contributed by atoms with van der Waals surface area (Å²) in [4.78, 5) is 0. The molecule has 0 heterocycles. The van der Waals surface area contributed by atoms with Crippen molar-refractivity contribution in [2.24, 2.45) is 0 Å². The SMILES string of the molecule is COc1ccc(Nc2ccc(N)cc2C(F)F)c(OC)c1. The number of hydrogen-bond donors (Lipinski definition) is 2. The summed E-state index contributed by atoms with van der Waals surface area (Å²) in [5.74, 6) is 1.11. The predicted molar refractivity (Wildman–Crippen MR) is 78.6 cm³/mol. The summed E-state index contributed by atoms with van der Waals surface area (Å²) in [6, 6.07) is 9.41. The molecular formula is C15H16F2N2O2. The van der Waals surface area contributed by atoms with Crippen LogP contribution in [0.4, 0.5) is 25.8 Å². The highest BCUT2D eigenvalue weighted by atomic mass is 19.3. The van der Waals surface area contributed by atoms with E-state index in [4.69, 9.17) is 15.2 Å². The molecule has 0 amide bonds. The Kier molecular flexibility index (Phi) is 4.47. The second kappa shape index (κ2) is 6.30. The standard InChI is InChI=1S/C15H16F2N2O2/c1-20-10-4-6-13(14(8-10)21-2)19-12-5-3-9(18)7-11(12)15(16)17/h3-8,15,19H,18H2,1-2H3. The minimum absolute atomic E-state index is 0.159. The Balaban J connectivity index is 2.38. The fraction of sp³-hybridized carbons (Fsp3) is 0.200. The van der Waals surface area contributed by atoms with Crippen LogP contribution in [0.25, 0.3) is 0 Å². The van der Waals surface area contributed by atoms with Gasteiger partial charge in [-0.25, -0.2) is 8.78 Å². The monoisotopic (exact) mass is 294 g/mol. The molecule has 0 aliphatic carbocycles. The maximum Gasteiger partial charge on any atom is 0.265 e. The lowest BCUT2D eigenvalue weighted by atomic mass is 10.1. The van der Waals surface area contributed by atoms with Crippen molar-refractivity contribution < 1.29 is 18.3 Å². The number of methoxy groups -OCH3 is 2. The number of anilines is 3. The van der Waals surface area contributed by atoms with Gasteiger partial charge in [-0.3, -0.25) is 0 Å². The van der Waals surface area contributed by atoms with Gasteiger partial charge in [-0.2, -0.15) is 0 Å². The van der Waals surface area contributed by atoms with E-state index < -0.39 is 6.43 Å². The van der Waals surface area contributed by atoms with Gasteiger partial charge in [-0.1, -0.05) is 0 Å². The maximum atomic E-state index is 13.1. The number of halogens is 2. The first-order valence-electron chi connectivity index (χ1n) is 6.21. The van der Waals surface area contributed by atoms with E-state index in [-0.39, 0.29) is 16.9 Å². The molecule has 0 spiro atoms. The second-order valence-electron chi connectivity index (χ2n) is 4.34. The average Bonchev–Trinajstić information content (AvgIpc) is 2.49. The Hall–Kier alpha value is -2.50. The number of rotatable bonds is 5. The van der Waals surface area contributed by atoms with Crippen LogP contribution < -0.4 is 20.5 Å². The van der Waals surface area contributed by atoms with Crippen molar-refractivity contribution in [3.63, 3.8) is 0 Å². The molecule has 0 aromatic heterocycles. The number of ether oxygens (including phenoxy) is 2. The molecule has 0 radical (unpaired) electrons. The molecular weight excluding hydrogens is 278 g/mol. The van der Waals surface area contributed by atoms with Crippen LogP contribution in [0.15, 0.2) is 36.4 Å². The van der Waals surface area contributed by atoms with Gasteiger partial charge in [0.1, 0.15) is 11.5 Å². The minimum Gasteiger partial charge on any atom is -0.497 e. The topological polar surface area (TPSA) is 56.5 Å². The van der Waals surface area contributed by atoms with Crippen molar-refractivity contribution in [1.29, 1.82) is 0 Å². The highest BCUT2D eigenvalue weighted by Crippen LogP contribution is 2.35. The molecule has 0 atom stereocenters. The zero-order chi connectivity index (χ0) is 15.4. The summed E-state index contributed by atoms with van der Waals surface area (Å²) < 4.78 is 36.5. The molecule has 2 aromatic rings. The average molecular weight is 294 g/mol. The van der Waals surface area contributed by atoms with Crippen molar-refractivity contribution in [3.05, 3.63) is 42.0 Å². The molecule has 2 rings (SSSR count). The number of alkyl halides is 2. The number of hydrogen-bond acceptors (Lipinski definition) is 4. The molecule has 0 bridgehead atoms. The largest absolute Gasteiger partial charge is 0.497 e. The molecule has 0 saturated carbocycles. The van der Waals surface area contributed by atoms with E-state index in [9.17, 15) is 8.78 Å². The van der Waals surface area contributed by atoms with Gasteiger partial charge in [-0.15, -0.1) is 0 Å². The molecule has 0 aliphatic heterocycles. The highest BCUT2D eigenvalue weighted by Gasteiger charge is 2.15. The van der Waals surface area contributed by atoms with Crippen LogP contribution in [-0.2, 0) is 0 Å². The van der Waals surface area contributed by atoms with Crippen LogP contribution in [0.2, 0.25) is 0 Å². The van der Waals surface area contributed by atoms with Gasteiger partial charge >= 0.3 is 0 Å². The molecule has 0 saturated heterocycles. The number of nitrogens with one attached hydrogen (secondary N) is 1.